The summed E-state index contributed by atoms with van der Waals surface area (Å²) in [5.74, 6) is 1.55. The molecule has 1 saturated carbocycles. The van der Waals surface area contributed by atoms with Crippen LogP contribution >= 0.6 is 0 Å². The highest BCUT2D eigenvalue weighted by molar-refractivity contribution is 5.39. The number of para-hydroxylation sites is 1. The van der Waals surface area contributed by atoms with E-state index in [1.165, 1.54) is 0 Å². The zero-order valence-corrected chi connectivity index (χ0v) is 21.6. The van der Waals surface area contributed by atoms with E-state index in [1.807, 2.05) is 71.6 Å². The van der Waals surface area contributed by atoms with Crippen LogP contribution in [0.2, 0.25) is 0 Å². The van der Waals surface area contributed by atoms with Crippen molar-refractivity contribution in [1.29, 1.82) is 0 Å². The van der Waals surface area contributed by atoms with Gasteiger partial charge in [0.15, 0.2) is 0 Å². The minimum atomic E-state index is 0.0302. The summed E-state index contributed by atoms with van der Waals surface area (Å²) in [5, 5.41) is 3.76. The molecule has 0 bridgehead atoms. The highest BCUT2D eigenvalue weighted by atomic mass is 16.5. The molecule has 0 aliphatic heterocycles. The normalized spacial score (nSPS) is 18.5. The number of aromatic nitrogens is 2. The van der Waals surface area contributed by atoms with E-state index in [0.29, 0.717) is 18.1 Å². The third-order valence-electron chi connectivity index (χ3n) is 7.12. The van der Waals surface area contributed by atoms with E-state index in [0.717, 1.165) is 56.0 Å². The Morgan fingerprint density at radius 3 is 2.14 bits per heavy atom. The van der Waals surface area contributed by atoms with Crippen LogP contribution in [-0.4, -0.2) is 45.2 Å². The first-order chi connectivity index (χ1) is 16.9. The van der Waals surface area contributed by atoms with E-state index in [2.05, 4.69) is 37.9 Å². The molecule has 1 heterocycles. The molecule has 6 nitrogen and oxygen atoms in total. The van der Waals surface area contributed by atoms with Gasteiger partial charge in [0.25, 0.3) is 0 Å². The fraction of sp³-hybridized carbons (Fsp3) is 0.483. The lowest BCUT2D eigenvalue weighted by atomic mass is 9.91. The third-order valence-corrected chi connectivity index (χ3v) is 7.12. The summed E-state index contributed by atoms with van der Waals surface area (Å²) in [6, 6.07) is 19.3. The quantitative estimate of drug-likeness (QED) is 0.412. The summed E-state index contributed by atoms with van der Waals surface area (Å²) >= 11 is 0. The summed E-state index contributed by atoms with van der Waals surface area (Å²) in [5.41, 5.74) is 0.881. The van der Waals surface area contributed by atoms with Crippen molar-refractivity contribution in [1.82, 2.24) is 19.4 Å². The lowest BCUT2D eigenvalue weighted by Crippen LogP contribution is -2.44. The molecule has 0 saturated heterocycles. The molecule has 0 atom stereocenters. The largest absolute Gasteiger partial charge is 0.457 e. The van der Waals surface area contributed by atoms with Gasteiger partial charge in [0.2, 0.25) is 0 Å². The molecule has 188 valence electrons. The molecule has 0 radical (unpaired) electrons. The molecule has 1 aliphatic carbocycles. The number of ether oxygens (including phenoxy) is 1. The molecule has 35 heavy (non-hydrogen) atoms. The van der Waals surface area contributed by atoms with Gasteiger partial charge in [0.05, 0.1) is 5.69 Å². The Balaban J connectivity index is 1.30. The summed E-state index contributed by atoms with van der Waals surface area (Å²) in [4.78, 5) is 15.7. The average molecular weight is 477 g/mol. The molecule has 1 aromatic heterocycles. The second-order valence-corrected chi connectivity index (χ2v) is 10.2. The summed E-state index contributed by atoms with van der Waals surface area (Å²) in [6.45, 7) is 11.2. The molecular formula is C29H40N4O2. The third kappa shape index (κ3) is 6.44. The van der Waals surface area contributed by atoms with E-state index in [4.69, 9.17) is 4.74 Å². The number of hydrogen-bond donors (Lipinski definition) is 1. The highest BCUT2D eigenvalue weighted by Crippen LogP contribution is 2.28. The van der Waals surface area contributed by atoms with Crippen LogP contribution < -0.4 is 15.7 Å². The van der Waals surface area contributed by atoms with Crippen LogP contribution in [-0.2, 0) is 0 Å². The van der Waals surface area contributed by atoms with Crippen molar-refractivity contribution in [3.63, 3.8) is 0 Å². The van der Waals surface area contributed by atoms with Crippen LogP contribution in [0.25, 0.3) is 5.69 Å². The molecule has 6 heteroatoms. The number of benzene rings is 2. The monoisotopic (exact) mass is 476 g/mol. The topological polar surface area (TPSA) is 51.4 Å². The summed E-state index contributed by atoms with van der Waals surface area (Å²) in [6.07, 6.45) is 8.10. The number of nitrogens with zero attached hydrogens (tertiary/aromatic N) is 3. The minimum Gasteiger partial charge on any atom is -0.457 e. The van der Waals surface area contributed by atoms with E-state index < -0.39 is 0 Å². The minimum absolute atomic E-state index is 0.0302. The smallest absolute Gasteiger partial charge is 0.332 e. The van der Waals surface area contributed by atoms with Crippen molar-refractivity contribution in [2.45, 2.75) is 77.5 Å². The molecule has 0 unspecified atom stereocenters. The predicted molar refractivity (Wildman–Crippen MR) is 143 cm³/mol. The molecule has 0 amide bonds. The van der Waals surface area contributed by atoms with Gasteiger partial charge in [-0.25, -0.2) is 4.79 Å². The zero-order chi connectivity index (χ0) is 24.8. The lowest BCUT2D eigenvalue weighted by Gasteiger charge is -2.33. The number of hydrogen-bond acceptors (Lipinski definition) is 4. The molecule has 3 aromatic rings. The maximum atomic E-state index is 13.2. The maximum absolute atomic E-state index is 13.2. The highest BCUT2D eigenvalue weighted by Gasteiger charge is 2.24. The van der Waals surface area contributed by atoms with Crippen LogP contribution in [0.15, 0.2) is 71.8 Å². The standard InChI is InChI=1S/C29H40N4O2/c1-22(2)31(23(3)4)19-18-30-24-10-12-25(13-11-24)32-20-21-33(29(32)34)26-14-16-28(17-15-26)35-27-8-6-5-7-9-27/h5-9,14-17,20-25,30H,10-13,18-19H2,1-4H3. The fourth-order valence-electron chi connectivity index (χ4n) is 5.23. The molecule has 0 spiro atoms. The maximum Gasteiger partial charge on any atom is 0.332 e. The van der Waals surface area contributed by atoms with E-state index in [9.17, 15) is 4.79 Å². The Bertz CT molecular complexity index is 1090. The Labute approximate surface area is 209 Å². The van der Waals surface area contributed by atoms with Crippen LogP contribution in [0.3, 0.4) is 0 Å². The van der Waals surface area contributed by atoms with Crippen molar-refractivity contribution < 1.29 is 4.74 Å². The Morgan fingerprint density at radius 2 is 1.51 bits per heavy atom. The molecule has 1 fully saturated rings. The van der Waals surface area contributed by atoms with Crippen molar-refractivity contribution >= 4 is 0 Å². The molecule has 1 N–H and O–H groups in total. The SMILES string of the molecule is CC(C)N(CCNC1CCC(n2ccn(-c3ccc(Oc4ccccc4)cc3)c2=O)CC1)C(C)C. The first kappa shape index (κ1) is 25.3. The Hall–Kier alpha value is -2.83. The van der Waals surface area contributed by atoms with Gasteiger partial charge >= 0.3 is 5.69 Å². The van der Waals surface area contributed by atoms with Crippen LogP contribution in [0.5, 0.6) is 11.5 Å². The van der Waals surface area contributed by atoms with Gasteiger partial charge in [0, 0.05) is 49.7 Å². The second-order valence-electron chi connectivity index (χ2n) is 10.2. The van der Waals surface area contributed by atoms with Gasteiger partial charge < -0.3 is 10.1 Å². The molecule has 2 aromatic carbocycles. The first-order valence-corrected chi connectivity index (χ1v) is 13.0. The van der Waals surface area contributed by atoms with Crippen molar-refractivity contribution in [2.75, 3.05) is 13.1 Å². The van der Waals surface area contributed by atoms with Gasteiger partial charge in [-0.2, -0.15) is 0 Å². The van der Waals surface area contributed by atoms with Gasteiger partial charge in [-0.05, 0) is 89.8 Å². The van der Waals surface area contributed by atoms with Gasteiger partial charge in [-0.3, -0.25) is 14.0 Å². The molecule has 1 aliphatic rings. The average Bonchev–Trinajstić information content (AvgIpc) is 3.24. The van der Waals surface area contributed by atoms with E-state index in [-0.39, 0.29) is 11.7 Å². The Kier molecular flexibility index (Phi) is 8.47. The summed E-state index contributed by atoms with van der Waals surface area (Å²) < 4.78 is 9.52. The van der Waals surface area contributed by atoms with Gasteiger partial charge in [-0.15, -0.1) is 0 Å². The van der Waals surface area contributed by atoms with E-state index >= 15 is 0 Å². The molecular weight excluding hydrogens is 436 g/mol. The van der Waals surface area contributed by atoms with E-state index in [1.54, 1.807) is 4.57 Å². The Morgan fingerprint density at radius 1 is 0.886 bits per heavy atom. The van der Waals surface area contributed by atoms with Crippen LogP contribution in [0.1, 0.15) is 59.4 Å². The summed E-state index contributed by atoms with van der Waals surface area (Å²) in [7, 11) is 0. The van der Waals surface area contributed by atoms with Crippen LogP contribution in [0, 0.1) is 0 Å². The van der Waals surface area contributed by atoms with Crippen molar-refractivity contribution in [3.8, 4) is 17.2 Å². The predicted octanol–water partition coefficient (Wildman–Crippen LogP) is 5.62. The number of rotatable bonds is 10. The number of imidazole rings is 1. The number of nitrogens with one attached hydrogen (secondary N) is 1. The van der Waals surface area contributed by atoms with Crippen molar-refractivity contribution in [3.05, 3.63) is 77.5 Å². The second kappa shape index (κ2) is 11.7. The van der Waals surface area contributed by atoms with Crippen LogP contribution in [0.4, 0.5) is 0 Å². The van der Waals surface area contributed by atoms with Gasteiger partial charge in [0.1, 0.15) is 11.5 Å². The lowest BCUT2D eigenvalue weighted by molar-refractivity contribution is 0.170. The van der Waals surface area contributed by atoms with Gasteiger partial charge in [-0.1, -0.05) is 18.2 Å². The molecule has 4 rings (SSSR count). The van der Waals surface area contributed by atoms with Crippen molar-refractivity contribution in [2.24, 2.45) is 0 Å². The zero-order valence-electron chi connectivity index (χ0n) is 21.6. The first-order valence-electron chi connectivity index (χ1n) is 13.0. The fourth-order valence-corrected chi connectivity index (χ4v) is 5.23.